The number of rotatable bonds is 1. The molecule has 5 heteroatoms. The molecule has 1 aromatic carbocycles. The number of benzene rings is 1. The van der Waals surface area contributed by atoms with Gasteiger partial charge in [0.2, 0.25) is 0 Å². The van der Waals surface area contributed by atoms with E-state index in [1.165, 1.54) is 6.07 Å². The molecule has 0 unspecified atom stereocenters. The van der Waals surface area contributed by atoms with Crippen LogP contribution in [0.1, 0.15) is 10.5 Å². The molecular weight excluding hydrogens is 173 g/mol. The second-order valence-electron chi connectivity index (χ2n) is 2.64. The molecule has 0 radical (unpaired) electrons. The Morgan fingerprint density at radius 1 is 1.54 bits per heavy atom. The number of carbonyl (C=O) groups is 1. The van der Waals surface area contributed by atoms with Crippen LogP contribution in [-0.2, 0) is 0 Å². The summed E-state index contributed by atoms with van der Waals surface area (Å²) in [5, 5.41) is 6.67. The van der Waals surface area contributed by atoms with E-state index in [4.69, 9.17) is 5.73 Å². The summed E-state index contributed by atoms with van der Waals surface area (Å²) in [7, 11) is 0. The fourth-order valence-electron chi connectivity index (χ4n) is 1.26. The highest BCUT2D eigenvalue weighted by molar-refractivity contribution is 6.01. The molecule has 2 rings (SSSR count). The summed E-state index contributed by atoms with van der Waals surface area (Å²) in [6.45, 7) is 0. The first-order chi connectivity index (χ1) is 6.22. The molecule has 0 bridgehead atoms. The summed E-state index contributed by atoms with van der Waals surface area (Å²) in [4.78, 5) is 10.5. The molecule has 0 saturated carbocycles. The van der Waals surface area contributed by atoms with E-state index >= 15 is 0 Å². The molecule has 13 heavy (non-hydrogen) atoms. The van der Waals surface area contributed by atoms with E-state index in [9.17, 15) is 9.18 Å². The van der Waals surface area contributed by atoms with E-state index in [0.717, 1.165) is 6.07 Å². The topological polar surface area (TPSA) is 71.8 Å². The first-order valence-corrected chi connectivity index (χ1v) is 3.60. The molecule has 0 spiro atoms. The highest BCUT2D eigenvalue weighted by Crippen LogP contribution is 2.22. The van der Waals surface area contributed by atoms with Crippen LogP contribution >= 0.6 is 0 Å². The number of carbonyl (C=O) groups excluding carboxylic acids is 1. The van der Waals surface area contributed by atoms with Gasteiger partial charge in [0, 0.05) is 11.8 Å². The van der Waals surface area contributed by atoms with Crippen LogP contribution in [-0.4, -0.2) is 16.5 Å². The minimum Gasteiger partial charge on any atom is -0.398 e. The van der Waals surface area contributed by atoms with E-state index in [0.29, 0.717) is 17.2 Å². The van der Waals surface area contributed by atoms with Gasteiger partial charge in [-0.15, -0.1) is 0 Å². The van der Waals surface area contributed by atoms with Crippen LogP contribution in [0.2, 0.25) is 0 Å². The maximum atomic E-state index is 12.8. The number of nitrogens with two attached hydrogens (primary N) is 1. The first kappa shape index (κ1) is 7.72. The van der Waals surface area contributed by atoms with E-state index < -0.39 is 5.82 Å². The van der Waals surface area contributed by atoms with Crippen molar-refractivity contribution in [3.63, 3.8) is 0 Å². The second-order valence-corrected chi connectivity index (χ2v) is 2.64. The van der Waals surface area contributed by atoms with Crippen LogP contribution in [0.25, 0.3) is 10.9 Å². The number of nitrogens with one attached hydrogen (secondary N) is 1. The fraction of sp³-hybridized carbons (Fsp3) is 0. The summed E-state index contributed by atoms with van der Waals surface area (Å²) in [6.07, 6.45) is 0.601. The molecule has 0 aliphatic rings. The third kappa shape index (κ3) is 1.05. The van der Waals surface area contributed by atoms with Gasteiger partial charge in [-0.05, 0) is 6.07 Å². The van der Waals surface area contributed by atoms with Crippen LogP contribution in [0.3, 0.4) is 0 Å². The predicted octanol–water partition coefficient (Wildman–Crippen LogP) is 1.10. The van der Waals surface area contributed by atoms with Crippen molar-refractivity contribution in [2.24, 2.45) is 0 Å². The largest absolute Gasteiger partial charge is 0.398 e. The van der Waals surface area contributed by atoms with E-state index in [2.05, 4.69) is 10.2 Å². The quantitative estimate of drug-likeness (QED) is 0.508. The van der Waals surface area contributed by atoms with Crippen molar-refractivity contribution in [1.82, 2.24) is 10.2 Å². The van der Waals surface area contributed by atoms with E-state index in [1.54, 1.807) is 0 Å². The third-order valence-corrected chi connectivity index (χ3v) is 1.80. The zero-order valence-corrected chi connectivity index (χ0v) is 6.54. The van der Waals surface area contributed by atoms with E-state index in [-0.39, 0.29) is 11.4 Å². The van der Waals surface area contributed by atoms with Gasteiger partial charge in [-0.3, -0.25) is 9.89 Å². The zero-order chi connectivity index (χ0) is 9.42. The van der Waals surface area contributed by atoms with Crippen molar-refractivity contribution < 1.29 is 9.18 Å². The van der Waals surface area contributed by atoms with Crippen molar-refractivity contribution >= 4 is 22.9 Å². The number of H-pyrrole nitrogens is 1. The van der Waals surface area contributed by atoms with Crippen molar-refractivity contribution in [1.29, 1.82) is 0 Å². The lowest BCUT2D eigenvalue weighted by atomic mass is 10.2. The lowest BCUT2D eigenvalue weighted by molar-refractivity contribution is 0.112. The third-order valence-electron chi connectivity index (χ3n) is 1.80. The minimum absolute atomic E-state index is 0.214. The van der Waals surface area contributed by atoms with Crippen LogP contribution in [0.5, 0.6) is 0 Å². The lowest BCUT2D eigenvalue weighted by Crippen LogP contribution is -1.89. The van der Waals surface area contributed by atoms with Gasteiger partial charge in [0.25, 0.3) is 0 Å². The van der Waals surface area contributed by atoms with Gasteiger partial charge < -0.3 is 5.73 Å². The molecule has 2 aromatic rings. The molecule has 0 atom stereocenters. The minimum atomic E-state index is -0.464. The predicted molar refractivity (Wildman–Crippen MR) is 45.9 cm³/mol. The molecule has 0 fully saturated rings. The van der Waals surface area contributed by atoms with Gasteiger partial charge in [-0.2, -0.15) is 5.10 Å². The SMILES string of the molecule is Nc1cc(F)cc2n[nH]c(C=O)c12. The number of halogens is 1. The highest BCUT2D eigenvalue weighted by atomic mass is 19.1. The number of aromatic nitrogens is 2. The standard InChI is InChI=1S/C8H6FN3O/c9-4-1-5(10)8-6(2-4)11-12-7(8)3-13/h1-3H,10H2,(H,11,12). The number of aromatic amines is 1. The molecule has 1 heterocycles. The van der Waals surface area contributed by atoms with Crippen molar-refractivity contribution in [2.45, 2.75) is 0 Å². The monoisotopic (exact) mass is 179 g/mol. The Hall–Kier alpha value is -1.91. The number of nitrogen functional groups attached to an aromatic ring is 1. The normalized spacial score (nSPS) is 10.5. The molecule has 1 aromatic heterocycles. The Bertz CT molecular complexity index is 477. The van der Waals surface area contributed by atoms with Gasteiger partial charge in [-0.25, -0.2) is 4.39 Å². The Morgan fingerprint density at radius 3 is 3.00 bits per heavy atom. The van der Waals surface area contributed by atoms with Gasteiger partial charge in [0.05, 0.1) is 10.9 Å². The Labute approximate surface area is 72.5 Å². The van der Waals surface area contributed by atoms with Gasteiger partial charge in [0.1, 0.15) is 11.5 Å². The highest BCUT2D eigenvalue weighted by Gasteiger charge is 2.08. The first-order valence-electron chi connectivity index (χ1n) is 3.60. The molecule has 3 N–H and O–H groups in total. The number of anilines is 1. The van der Waals surface area contributed by atoms with Gasteiger partial charge >= 0.3 is 0 Å². The number of hydrogen-bond donors (Lipinski definition) is 2. The molecule has 4 nitrogen and oxygen atoms in total. The van der Waals surface area contributed by atoms with Crippen LogP contribution in [0.4, 0.5) is 10.1 Å². The summed E-state index contributed by atoms with van der Waals surface area (Å²) in [5.41, 5.74) is 6.36. The molecule has 66 valence electrons. The molecule has 0 aliphatic heterocycles. The summed E-state index contributed by atoms with van der Waals surface area (Å²) in [6, 6.07) is 2.38. The Balaban J connectivity index is 2.89. The lowest BCUT2D eigenvalue weighted by Gasteiger charge is -1.95. The van der Waals surface area contributed by atoms with Crippen LogP contribution in [0.15, 0.2) is 12.1 Å². The zero-order valence-electron chi connectivity index (χ0n) is 6.54. The maximum Gasteiger partial charge on any atom is 0.168 e. The number of nitrogens with zero attached hydrogens (tertiary/aromatic N) is 1. The van der Waals surface area contributed by atoms with Crippen molar-refractivity contribution in [2.75, 3.05) is 5.73 Å². The van der Waals surface area contributed by atoms with Gasteiger partial charge in [-0.1, -0.05) is 0 Å². The van der Waals surface area contributed by atoms with Crippen molar-refractivity contribution in [3.05, 3.63) is 23.6 Å². The molecule has 0 amide bonds. The van der Waals surface area contributed by atoms with Crippen molar-refractivity contribution in [3.8, 4) is 0 Å². The average Bonchev–Trinajstić information content (AvgIpc) is 2.47. The van der Waals surface area contributed by atoms with Crippen LogP contribution in [0, 0.1) is 5.82 Å². The number of hydrogen-bond acceptors (Lipinski definition) is 3. The van der Waals surface area contributed by atoms with Crippen LogP contribution < -0.4 is 5.73 Å². The Kier molecular flexibility index (Phi) is 1.51. The number of fused-ring (bicyclic) bond motifs is 1. The molecule has 0 saturated heterocycles. The molecular formula is C8H6FN3O. The number of aldehydes is 1. The molecule has 0 aliphatic carbocycles. The van der Waals surface area contributed by atoms with E-state index in [1.807, 2.05) is 0 Å². The summed E-state index contributed by atoms with van der Waals surface area (Å²) >= 11 is 0. The summed E-state index contributed by atoms with van der Waals surface area (Å²) in [5.74, 6) is -0.464. The fourth-order valence-corrected chi connectivity index (χ4v) is 1.26. The smallest absolute Gasteiger partial charge is 0.168 e. The van der Waals surface area contributed by atoms with Gasteiger partial charge in [0.15, 0.2) is 6.29 Å². The Morgan fingerprint density at radius 2 is 2.31 bits per heavy atom. The maximum absolute atomic E-state index is 12.8. The summed E-state index contributed by atoms with van der Waals surface area (Å²) < 4.78 is 12.8. The average molecular weight is 179 g/mol. The second kappa shape index (κ2) is 2.55.